The number of rotatable bonds is 1. The van der Waals surface area contributed by atoms with Gasteiger partial charge < -0.3 is 19.7 Å². The first kappa shape index (κ1) is 12.6. The molecule has 1 saturated heterocycles. The van der Waals surface area contributed by atoms with Crippen LogP contribution in [0.15, 0.2) is 18.2 Å². The Balaban J connectivity index is 1.88. The van der Waals surface area contributed by atoms with Crippen LogP contribution in [0.25, 0.3) is 0 Å². The fraction of sp³-hybridized carbons (Fsp3) is 0.600. The zero-order valence-electron chi connectivity index (χ0n) is 11.9. The fourth-order valence-electron chi connectivity index (χ4n) is 2.73. The zero-order valence-corrected chi connectivity index (χ0v) is 11.9. The van der Waals surface area contributed by atoms with Gasteiger partial charge in [0.05, 0.1) is 0 Å². The second-order valence-corrected chi connectivity index (χ2v) is 6.07. The minimum absolute atomic E-state index is 0.139. The quantitative estimate of drug-likeness (QED) is 0.839. The standard InChI is InChI=1S/C15H22N2O2/c1-11-9-16-15(2,3)10-17(11)12-4-5-13-14(8-12)19-7-6-18-13/h4-5,8,11,16H,6-7,9-10H2,1-3H3. The zero-order chi connectivity index (χ0) is 13.5. The van der Waals surface area contributed by atoms with Crippen LogP contribution in [0, 0.1) is 0 Å². The molecule has 1 aromatic rings. The Labute approximate surface area is 114 Å². The third-order valence-electron chi connectivity index (χ3n) is 3.83. The Morgan fingerprint density at radius 2 is 1.95 bits per heavy atom. The van der Waals surface area contributed by atoms with Crippen molar-refractivity contribution >= 4 is 5.69 Å². The second kappa shape index (κ2) is 4.60. The first-order chi connectivity index (χ1) is 9.05. The van der Waals surface area contributed by atoms with Crippen molar-refractivity contribution in [2.75, 3.05) is 31.2 Å². The Morgan fingerprint density at radius 3 is 2.74 bits per heavy atom. The molecular weight excluding hydrogens is 240 g/mol. The summed E-state index contributed by atoms with van der Waals surface area (Å²) in [4.78, 5) is 2.44. The monoisotopic (exact) mass is 262 g/mol. The number of ether oxygens (including phenoxy) is 2. The van der Waals surface area contributed by atoms with Crippen molar-refractivity contribution in [3.8, 4) is 11.5 Å². The van der Waals surface area contributed by atoms with Crippen molar-refractivity contribution in [1.29, 1.82) is 0 Å². The SMILES string of the molecule is CC1CNC(C)(C)CN1c1ccc2c(c1)OCCO2. The molecule has 0 bridgehead atoms. The molecule has 104 valence electrons. The highest BCUT2D eigenvalue weighted by Gasteiger charge is 2.30. The molecule has 3 rings (SSSR count). The molecule has 1 fully saturated rings. The van der Waals surface area contributed by atoms with Crippen LogP contribution in [-0.4, -0.2) is 37.9 Å². The average molecular weight is 262 g/mol. The van der Waals surface area contributed by atoms with E-state index in [2.05, 4.69) is 43.1 Å². The van der Waals surface area contributed by atoms with Gasteiger partial charge in [0.2, 0.25) is 0 Å². The molecule has 2 heterocycles. The lowest BCUT2D eigenvalue weighted by Crippen LogP contribution is -2.61. The molecule has 4 heteroatoms. The summed E-state index contributed by atoms with van der Waals surface area (Å²) in [6.07, 6.45) is 0. The number of benzene rings is 1. The maximum atomic E-state index is 5.67. The summed E-state index contributed by atoms with van der Waals surface area (Å²) in [7, 11) is 0. The van der Waals surface area contributed by atoms with Crippen molar-refractivity contribution in [2.45, 2.75) is 32.4 Å². The molecule has 0 spiro atoms. The molecule has 2 aliphatic rings. The van der Waals surface area contributed by atoms with Crippen LogP contribution in [0.4, 0.5) is 5.69 Å². The predicted octanol–water partition coefficient (Wildman–Crippen LogP) is 2.03. The molecule has 2 aliphatic heterocycles. The van der Waals surface area contributed by atoms with Gasteiger partial charge >= 0.3 is 0 Å². The lowest BCUT2D eigenvalue weighted by atomic mass is 9.98. The number of nitrogens with one attached hydrogen (secondary N) is 1. The molecule has 0 aliphatic carbocycles. The van der Waals surface area contributed by atoms with Gasteiger partial charge in [-0.3, -0.25) is 0 Å². The molecule has 0 aromatic heterocycles. The first-order valence-corrected chi connectivity index (χ1v) is 6.96. The molecule has 0 amide bonds. The van der Waals surface area contributed by atoms with Crippen molar-refractivity contribution in [3.63, 3.8) is 0 Å². The number of hydrogen-bond donors (Lipinski definition) is 1. The van der Waals surface area contributed by atoms with Gasteiger partial charge in [0.15, 0.2) is 11.5 Å². The van der Waals surface area contributed by atoms with E-state index >= 15 is 0 Å². The van der Waals surface area contributed by atoms with Gasteiger partial charge in [-0.25, -0.2) is 0 Å². The fourth-order valence-corrected chi connectivity index (χ4v) is 2.73. The smallest absolute Gasteiger partial charge is 0.163 e. The number of anilines is 1. The van der Waals surface area contributed by atoms with E-state index in [4.69, 9.17) is 9.47 Å². The van der Waals surface area contributed by atoms with Crippen LogP contribution in [0.3, 0.4) is 0 Å². The van der Waals surface area contributed by atoms with Crippen LogP contribution in [0.5, 0.6) is 11.5 Å². The highest BCUT2D eigenvalue weighted by atomic mass is 16.6. The van der Waals surface area contributed by atoms with Gasteiger partial charge in [0, 0.05) is 36.4 Å². The summed E-state index contributed by atoms with van der Waals surface area (Å²) < 4.78 is 11.3. The van der Waals surface area contributed by atoms with E-state index < -0.39 is 0 Å². The summed E-state index contributed by atoms with van der Waals surface area (Å²) in [5.41, 5.74) is 1.35. The lowest BCUT2D eigenvalue weighted by molar-refractivity contribution is 0.171. The van der Waals surface area contributed by atoms with Gasteiger partial charge in [-0.2, -0.15) is 0 Å². The van der Waals surface area contributed by atoms with E-state index in [0.717, 1.165) is 24.6 Å². The molecule has 1 atom stereocenters. The Hall–Kier alpha value is -1.42. The predicted molar refractivity (Wildman–Crippen MR) is 76.3 cm³/mol. The third kappa shape index (κ3) is 2.50. The molecular formula is C15H22N2O2. The van der Waals surface area contributed by atoms with E-state index in [1.54, 1.807) is 0 Å². The van der Waals surface area contributed by atoms with Crippen LogP contribution < -0.4 is 19.7 Å². The largest absolute Gasteiger partial charge is 0.486 e. The Morgan fingerprint density at radius 1 is 1.21 bits per heavy atom. The number of piperazine rings is 1. The summed E-state index contributed by atoms with van der Waals surface area (Å²) >= 11 is 0. The summed E-state index contributed by atoms with van der Waals surface area (Å²) in [6, 6.07) is 6.74. The van der Waals surface area contributed by atoms with Crippen molar-refractivity contribution in [2.24, 2.45) is 0 Å². The normalized spacial score (nSPS) is 25.2. The summed E-state index contributed by atoms with van der Waals surface area (Å²) in [5.74, 6) is 1.73. The third-order valence-corrected chi connectivity index (χ3v) is 3.83. The van der Waals surface area contributed by atoms with E-state index in [0.29, 0.717) is 19.3 Å². The molecule has 1 unspecified atom stereocenters. The van der Waals surface area contributed by atoms with E-state index in [1.165, 1.54) is 5.69 Å². The number of hydrogen-bond acceptors (Lipinski definition) is 4. The molecule has 0 radical (unpaired) electrons. The minimum atomic E-state index is 0.139. The van der Waals surface area contributed by atoms with Gasteiger partial charge in [-0.15, -0.1) is 0 Å². The Kier molecular flexibility index (Phi) is 3.05. The van der Waals surface area contributed by atoms with Gasteiger partial charge in [0.1, 0.15) is 13.2 Å². The highest BCUT2D eigenvalue weighted by Crippen LogP contribution is 2.35. The van der Waals surface area contributed by atoms with Gasteiger partial charge in [0.25, 0.3) is 0 Å². The van der Waals surface area contributed by atoms with Crippen LogP contribution in [0.1, 0.15) is 20.8 Å². The van der Waals surface area contributed by atoms with Crippen molar-refractivity contribution in [1.82, 2.24) is 5.32 Å². The second-order valence-electron chi connectivity index (χ2n) is 6.07. The van der Waals surface area contributed by atoms with Crippen LogP contribution >= 0.6 is 0 Å². The molecule has 4 nitrogen and oxygen atoms in total. The molecule has 1 N–H and O–H groups in total. The highest BCUT2D eigenvalue weighted by molar-refractivity contribution is 5.58. The first-order valence-electron chi connectivity index (χ1n) is 6.96. The number of nitrogens with zero attached hydrogens (tertiary/aromatic N) is 1. The lowest BCUT2D eigenvalue weighted by Gasteiger charge is -2.44. The Bertz CT molecular complexity index is 473. The molecule has 1 aromatic carbocycles. The minimum Gasteiger partial charge on any atom is -0.486 e. The maximum Gasteiger partial charge on any atom is 0.163 e. The average Bonchev–Trinajstić information content (AvgIpc) is 2.41. The molecule has 0 saturated carbocycles. The van der Waals surface area contributed by atoms with E-state index in [-0.39, 0.29) is 5.54 Å². The number of fused-ring (bicyclic) bond motifs is 1. The summed E-state index contributed by atoms with van der Waals surface area (Å²) in [6.45, 7) is 10.0. The maximum absolute atomic E-state index is 5.67. The van der Waals surface area contributed by atoms with Crippen LogP contribution in [0.2, 0.25) is 0 Å². The van der Waals surface area contributed by atoms with Crippen molar-refractivity contribution in [3.05, 3.63) is 18.2 Å². The van der Waals surface area contributed by atoms with Crippen LogP contribution in [-0.2, 0) is 0 Å². The van der Waals surface area contributed by atoms with Crippen molar-refractivity contribution < 1.29 is 9.47 Å². The molecule has 19 heavy (non-hydrogen) atoms. The van der Waals surface area contributed by atoms with Gasteiger partial charge in [-0.05, 0) is 32.9 Å². The van der Waals surface area contributed by atoms with Gasteiger partial charge in [-0.1, -0.05) is 0 Å². The van der Waals surface area contributed by atoms with E-state index in [1.807, 2.05) is 6.07 Å². The summed E-state index contributed by atoms with van der Waals surface area (Å²) in [5, 5.41) is 3.57. The van der Waals surface area contributed by atoms with E-state index in [9.17, 15) is 0 Å². The topological polar surface area (TPSA) is 33.7 Å².